The highest BCUT2D eigenvalue weighted by molar-refractivity contribution is 7.80. The number of rotatable bonds is 13. The maximum absolute atomic E-state index is 13.5. The highest BCUT2D eigenvalue weighted by Gasteiger charge is 2.43. The number of anilines is 2. The summed E-state index contributed by atoms with van der Waals surface area (Å²) in [5.74, 6) is -0.272. The molecule has 1 aliphatic heterocycles. The summed E-state index contributed by atoms with van der Waals surface area (Å²) in [5.41, 5.74) is 1.58. The van der Waals surface area contributed by atoms with E-state index in [-0.39, 0.29) is 24.8 Å². The minimum absolute atomic E-state index is 0.0415. The normalized spacial score (nSPS) is 15.2. The molecule has 0 aliphatic carbocycles. The Morgan fingerprint density at radius 2 is 1.65 bits per heavy atom. The third-order valence-electron chi connectivity index (χ3n) is 6.21. The Hall–Kier alpha value is -3.46. The zero-order valence-electron chi connectivity index (χ0n) is 21.7. The van der Waals surface area contributed by atoms with Crippen LogP contribution in [0, 0.1) is 0 Å². The van der Waals surface area contributed by atoms with Crippen molar-refractivity contribution in [3.63, 3.8) is 0 Å². The number of carbonyl (C=O) groups excluding carboxylic acids is 3. The fraction of sp³-hybridized carbons (Fsp3) is 0.429. The molecule has 198 valence electrons. The van der Waals surface area contributed by atoms with Crippen molar-refractivity contribution in [2.45, 2.75) is 58.4 Å². The molecular formula is C28H35N3O5S. The first-order valence-corrected chi connectivity index (χ1v) is 13.2. The number of nitrogens with zero attached hydrogens (tertiary/aromatic N) is 2. The minimum atomic E-state index is -0.695. The van der Waals surface area contributed by atoms with Gasteiger partial charge >= 0.3 is 5.97 Å². The van der Waals surface area contributed by atoms with Gasteiger partial charge in [-0.3, -0.25) is 14.5 Å². The average Bonchev–Trinajstić information content (AvgIpc) is 3.13. The second-order valence-corrected chi connectivity index (χ2v) is 9.19. The van der Waals surface area contributed by atoms with Crippen LogP contribution in [0.3, 0.4) is 0 Å². The van der Waals surface area contributed by atoms with Crippen LogP contribution in [0.4, 0.5) is 11.4 Å². The lowest BCUT2D eigenvalue weighted by atomic mass is 10.1. The van der Waals surface area contributed by atoms with Crippen LogP contribution in [0.2, 0.25) is 0 Å². The van der Waals surface area contributed by atoms with Crippen molar-refractivity contribution in [1.82, 2.24) is 4.90 Å². The number of ether oxygens (including phenoxy) is 2. The molecule has 37 heavy (non-hydrogen) atoms. The maximum Gasteiger partial charge on any atom is 0.338 e. The predicted octanol–water partition coefficient (Wildman–Crippen LogP) is 5.17. The van der Waals surface area contributed by atoms with Crippen LogP contribution in [0.15, 0.2) is 48.5 Å². The fourth-order valence-electron chi connectivity index (χ4n) is 4.23. The van der Waals surface area contributed by atoms with Gasteiger partial charge in [0.2, 0.25) is 5.91 Å². The molecule has 0 bridgehead atoms. The first-order chi connectivity index (χ1) is 17.9. The zero-order valence-corrected chi connectivity index (χ0v) is 22.5. The number of benzene rings is 2. The van der Waals surface area contributed by atoms with Gasteiger partial charge in [-0.1, -0.05) is 32.6 Å². The molecule has 1 unspecified atom stereocenters. The zero-order chi connectivity index (χ0) is 26.8. The number of thiocarbonyl (C=S) groups is 1. The van der Waals surface area contributed by atoms with E-state index >= 15 is 0 Å². The van der Waals surface area contributed by atoms with Crippen molar-refractivity contribution in [2.75, 3.05) is 30.5 Å². The number of nitrogens with one attached hydrogen (secondary N) is 1. The second-order valence-electron chi connectivity index (χ2n) is 8.83. The molecule has 2 amide bonds. The molecule has 1 aliphatic rings. The van der Waals surface area contributed by atoms with Crippen molar-refractivity contribution in [3.05, 3.63) is 54.1 Å². The van der Waals surface area contributed by atoms with E-state index in [0.29, 0.717) is 34.3 Å². The number of amides is 2. The summed E-state index contributed by atoms with van der Waals surface area (Å²) in [6, 6.07) is 12.9. The lowest BCUT2D eigenvalue weighted by Crippen LogP contribution is -2.38. The van der Waals surface area contributed by atoms with Gasteiger partial charge in [-0.2, -0.15) is 0 Å². The fourth-order valence-corrected chi connectivity index (χ4v) is 4.65. The molecule has 0 aromatic heterocycles. The van der Waals surface area contributed by atoms with Gasteiger partial charge in [0.25, 0.3) is 5.91 Å². The van der Waals surface area contributed by atoms with Crippen LogP contribution in [0.25, 0.3) is 0 Å². The summed E-state index contributed by atoms with van der Waals surface area (Å²) in [5, 5.41) is 3.23. The van der Waals surface area contributed by atoms with E-state index in [9.17, 15) is 14.4 Å². The molecule has 9 heteroatoms. The Labute approximate surface area is 223 Å². The first-order valence-electron chi connectivity index (χ1n) is 12.7. The van der Waals surface area contributed by atoms with Crippen molar-refractivity contribution < 1.29 is 23.9 Å². The average molecular weight is 526 g/mol. The largest absolute Gasteiger partial charge is 0.497 e. The van der Waals surface area contributed by atoms with Crippen molar-refractivity contribution in [1.29, 1.82) is 0 Å². The Morgan fingerprint density at radius 3 is 2.27 bits per heavy atom. The third-order valence-corrected chi connectivity index (χ3v) is 6.63. The molecule has 0 spiro atoms. The quantitative estimate of drug-likeness (QED) is 0.219. The number of carbonyl (C=O) groups is 3. The summed E-state index contributed by atoms with van der Waals surface area (Å²) >= 11 is 5.73. The number of esters is 1. The molecule has 1 N–H and O–H groups in total. The van der Waals surface area contributed by atoms with Crippen LogP contribution in [0.1, 0.15) is 62.7 Å². The second kappa shape index (κ2) is 13.7. The molecule has 2 aromatic carbocycles. The summed E-state index contributed by atoms with van der Waals surface area (Å²) in [6.07, 6.45) is 5.32. The minimum Gasteiger partial charge on any atom is -0.497 e. The predicted molar refractivity (Wildman–Crippen MR) is 148 cm³/mol. The van der Waals surface area contributed by atoms with E-state index < -0.39 is 12.0 Å². The number of hydrogen-bond donors (Lipinski definition) is 1. The molecule has 3 rings (SSSR count). The van der Waals surface area contributed by atoms with Gasteiger partial charge in [0, 0.05) is 12.2 Å². The van der Waals surface area contributed by atoms with Gasteiger partial charge < -0.3 is 19.7 Å². The van der Waals surface area contributed by atoms with Crippen molar-refractivity contribution in [3.8, 4) is 5.75 Å². The molecule has 1 atom stereocenters. The maximum atomic E-state index is 13.5. The first kappa shape index (κ1) is 28.1. The summed E-state index contributed by atoms with van der Waals surface area (Å²) in [7, 11) is 1.58. The van der Waals surface area contributed by atoms with E-state index in [4.69, 9.17) is 21.7 Å². The van der Waals surface area contributed by atoms with Gasteiger partial charge in [-0.15, -0.1) is 0 Å². The van der Waals surface area contributed by atoms with E-state index in [2.05, 4.69) is 12.2 Å². The highest BCUT2D eigenvalue weighted by atomic mass is 32.1. The van der Waals surface area contributed by atoms with Crippen LogP contribution < -0.4 is 15.0 Å². The number of unbranched alkanes of at least 4 members (excludes halogenated alkanes) is 4. The van der Waals surface area contributed by atoms with Gasteiger partial charge in [0.05, 0.1) is 31.4 Å². The van der Waals surface area contributed by atoms with Gasteiger partial charge in [-0.25, -0.2) is 4.79 Å². The number of methoxy groups -OCH3 is 1. The summed E-state index contributed by atoms with van der Waals surface area (Å²) in [4.78, 5) is 41.7. The molecule has 1 heterocycles. The van der Waals surface area contributed by atoms with E-state index in [1.54, 1.807) is 62.6 Å². The SMILES string of the molecule is CCCCCCCN1C(=S)N(c2ccc(OC)cc2)C(=O)C1CC(=O)Nc1ccc(C(=O)OCC)cc1. The monoisotopic (exact) mass is 525 g/mol. The van der Waals surface area contributed by atoms with Crippen LogP contribution in [-0.2, 0) is 14.3 Å². The van der Waals surface area contributed by atoms with Crippen molar-refractivity contribution >= 4 is 46.5 Å². The Kier molecular flexibility index (Phi) is 10.4. The van der Waals surface area contributed by atoms with Gasteiger partial charge in [-0.05, 0) is 74.1 Å². The van der Waals surface area contributed by atoms with Crippen molar-refractivity contribution in [2.24, 2.45) is 0 Å². The third kappa shape index (κ3) is 7.29. The lowest BCUT2D eigenvalue weighted by Gasteiger charge is -2.24. The Morgan fingerprint density at radius 1 is 0.973 bits per heavy atom. The molecular weight excluding hydrogens is 490 g/mol. The van der Waals surface area contributed by atoms with E-state index in [0.717, 1.165) is 25.7 Å². The Bertz CT molecular complexity index is 1090. The van der Waals surface area contributed by atoms with Gasteiger partial charge in [0.15, 0.2) is 5.11 Å². The smallest absolute Gasteiger partial charge is 0.338 e. The Balaban J connectivity index is 1.72. The topological polar surface area (TPSA) is 88.2 Å². The van der Waals surface area contributed by atoms with Crippen LogP contribution in [-0.4, -0.2) is 54.1 Å². The summed E-state index contributed by atoms with van der Waals surface area (Å²) < 4.78 is 10.2. The number of hydrogen-bond acceptors (Lipinski definition) is 6. The van der Waals surface area contributed by atoms with E-state index in [1.807, 2.05) is 4.90 Å². The molecule has 8 nitrogen and oxygen atoms in total. The molecule has 1 fully saturated rings. The lowest BCUT2D eigenvalue weighted by molar-refractivity contribution is -0.124. The summed E-state index contributed by atoms with van der Waals surface area (Å²) in [6.45, 7) is 4.80. The molecule has 0 saturated carbocycles. The van der Waals surface area contributed by atoms with Gasteiger partial charge in [0.1, 0.15) is 11.8 Å². The molecule has 1 saturated heterocycles. The van der Waals surface area contributed by atoms with Crippen LogP contribution in [0.5, 0.6) is 5.75 Å². The molecule has 2 aromatic rings. The highest BCUT2D eigenvalue weighted by Crippen LogP contribution is 2.29. The van der Waals surface area contributed by atoms with Crippen LogP contribution >= 0.6 is 12.2 Å². The van der Waals surface area contributed by atoms with E-state index in [1.165, 1.54) is 11.3 Å². The standard InChI is InChI=1S/C28H35N3O5S/c1-4-6-7-8-9-18-30-24(26(33)31(28(30)37)22-14-16-23(35-3)17-15-22)19-25(32)29-21-12-10-20(11-13-21)27(34)36-5-2/h10-17,24H,4-9,18-19H2,1-3H3,(H,29,32). The molecule has 0 radical (unpaired) electrons.